The van der Waals surface area contributed by atoms with Crippen LogP contribution in [0, 0.1) is 5.92 Å². The summed E-state index contributed by atoms with van der Waals surface area (Å²) in [5, 5.41) is 9.77. The average Bonchev–Trinajstić information content (AvgIpc) is 2.28. The van der Waals surface area contributed by atoms with Gasteiger partial charge in [0, 0.05) is 0 Å². The van der Waals surface area contributed by atoms with Crippen molar-refractivity contribution in [2.45, 2.75) is 70.7 Å². The Hall–Kier alpha value is -0.610. The summed E-state index contributed by atoms with van der Waals surface area (Å²) in [5.41, 5.74) is 5.15. The van der Waals surface area contributed by atoms with Gasteiger partial charge >= 0.3 is 0 Å². The fraction of sp³-hybridized carbons (Fsp3) is 0.923. The molecule has 1 saturated carbocycles. The summed E-state index contributed by atoms with van der Waals surface area (Å²) in [7, 11) is 0. The van der Waals surface area contributed by atoms with Crippen LogP contribution in [0.1, 0.15) is 52.4 Å². The molecule has 17 heavy (non-hydrogen) atoms. The van der Waals surface area contributed by atoms with E-state index in [1.165, 1.54) is 19.3 Å². The highest BCUT2D eigenvalue weighted by Gasteiger charge is 2.29. The molecule has 4 heteroatoms. The van der Waals surface area contributed by atoms with Gasteiger partial charge in [0.25, 0.3) is 0 Å². The Bertz CT molecular complexity index is 237. The zero-order valence-corrected chi connectivity index (χ0v) is 10.9. The monoisotopic (exact) mass is 243 g/mol. The van der Waals surface area contributed by atoms with Crippen molar-refractivity contribution in [2.75, 3.05) is 0 Å². The van der Waals surface area contributed by atoms with E-state index in [4.69, 9.17) is 10.5 Å². The molecule has 0 aromatic rings. The molecule has 2 atom stereocenters. The minimum atomic E-state index is -1.18. The second-order valence-corrected chi connectivity index (χ2v) is 5.41. The third kappa shape index (κ3) is 5.04. The molecular weight excluding hydrogens is 218 g/mol. The Kier molecular flexibility index (Phi) is 5.92. The number of carbonyl (C=O) groups is 1. The maximum Gasteiger partial charge on any atom is 0.248 e. The number of hydrogen-bond donors (Lipinski definition) is 2. The summed E-state index contributed by atoms with van der Waals surface area (Å²) < 4.78 is 5.87. The van der Waals surface area contributed by atoms with E-state index in [1.807, 2.05) is 13.8 Å². The summed E-state index contributed by atoms with van der Waals surface area (Å²) in [6, 6.07) is 0. The lowest BCUT2D eigenvalue weighted by Crippen LogP contribution is -2.43. The highest BCUT2D eigenvalue weighted by Crippen LogP contribution is 2.24. The number of aliphatic hydroxyl groups excluding tert-OH is 1. The molecule has 100 valence electrons. The van der Waals surface area contributed by atoms with E-state index in [1.54, 1.807) is 0 Å². The normalized spacial score (nSPS) is 21.4. The van der Waals surface area contributed by atoms with Gasteiger partial charge in [-0.3, -0.25) is 4.79 Å². The average molecular weight is 243 g/mol. The van der Waals surface area contributed by atoms with Gasteiger partial charge < -0.3 is 15.6 Å². The van der Waals surface area contributed by atoms with E-state index in [9.17, 15) is 9.90 Å². The Balaban J connectivity index is 2.52. The molecule has 0 heterocycles. The number of primary amides is 1. The molecule has 0 bridgehead atoms. The van der Waals surface area contributed by atoms with Crippen LogP contribution in [-0.4, -0.2) is 29.3 Å². The molecule has 0 aromatic carbocycles. The van der Waals surface area contributed by atoms with Crippen LogP contribution in [0.4, 0.5) is 0 Å². The maximum atomic E-state index is 11.1. The summed E-state index contributed by atoms with van der Waals surface area (Å²) in [6.07, 6.45) is 4.88. The molecule has 0 aliphatic heterocycles. The number of ether oxygens (including phenoxy) is 1. The Morgan fingerprint density at radius 3 is 2.41 bits per heavy atom. The molecule has 0 spiro atoms. The van der Waals surface area contributed by atoms with Gasteiger partial charge in [0.05, 0.1) is 12.2 Å². The van der Waals surface area contributed by atoms with Crippen LogP contribution < -0.4 is 5.73 Å². The first-order valence-corrected chi connectivity index (χ1v) is 6.63. The van der Waals surface area contributed by atoms with Gasteiger partial charge in [-0.1, -0.05) is 33.1 Å². The van der Waals surface area contributed by atoms with Gasteiger partial charge in [-0.2, -0.15) is 0 Å². The van der Waals surface area contributed by atoms with E-state index in [-0.39, 0.29) is 6.10 Å². The minimum absolute atomic E-state index is 0.182. The first kappa shape index (κ1) is 14.5. The molecule has 3 N–H and O–H groups in total. The van der Waals surface area contributed by atoms with Crippen LogP contribution in [0.15, 0.2) is 0 Å². The largest absolute Gasteiger partial charge is 0.381 e. The second-order valence-electron chi connectivity index (χ2n) is 5.41. The molecule has 4 nitrogen and oxygen atoms in total. The Morgan fingerprint density at radius 1 is 1.35 bits per heavy atom. The fourth-order valence-electron chi connectivity index (χ4n) is 2.36. The van der Waals surface area contributed by atoms with E-state index < -0.39 is 18.1 Å². The van der Waals surface area contributed by atoms with Crippen LogP contribution in [0.25, 0.3) is 0 Å². The van der Waals surface area contributed by atoms with Crippen molar-refractivity contribution >= 4 is 5.91 Å². The predicted octanol–water partition coefficient (Wildman–Crippen LogP) is 1.60. The summed E-state index contributed by atoms with van der Waals surface area (Å²) in [5.74, 6) is -0.316. The smallest absolute Gasteiger partial charge is 0.248 e. The van der Waals surface area contributed by atoms with Crippen molar-refractivity contribution in [1.82, 2.24) is 0 Å². The van der Waals surface area contributed by atoms with Crippen LogP contribution in [0.3, 0.4) is 0 Å². The fourth-order valence-corrected chi connectivity index (χ4v) is 2.36. The van der Waals surface area contributed by atoms with Gasteiger partial charge in [0.2, 0.25) is 5.91 Å². The topological polar surface area (TPSA) is 72.6 Å². The molecule has 0 aromatic heterocycles. The van der Waals surface area contributed by atoms with Crippen molar-refractivity contribution in [3.8, 4) is 0 Å². The van der Waals surface area contributed by atoms with Gasteiger partial charge in [-0.25, -0.2) is 0 Å². The third-order valence-corrected chi connectivity index (χ3v) is 3.27. The van der Waals surface area contributed by atoms with Gasteiger partial charge in [0.15, 0.2) is 6.10 Å². The second kappa shape index (κ2) is 6.97. The van der Waals surface area contributed by atoms with E-state index in [0.29, 0.717) is 12.3 Å². The Morgan fingerprint density at radius 2 is 1.94 bits per heavy atom. The lowest BCUT2D eigenvalue weighted by Gasteiger charge is -2.30. The van der Waals surface area contributed by atoms with E-state index in [0.717, 1.165) is 12.8 Å². The number of rotatable bonds is 6. The van der Waals surface area contributed by atoms with Crippen LogP contribution >= 0.6 is 0 Å². The molecule has 1 fully saturated rings. The molecule has 0 radical (unpaired) electrons. The third-order valence-electron chi connectivity index (χ3n) is 3.27. The highest BCUT2D eigenvalue weighted by atomic mass is 16.5. The highest BCUT2D eigenvalue weighted by molar-refractivity contribution is 5.79. The van der Waals surface area contributed by atoms with Crippen LogP contribution in [-0.2, 0) is 9.53 Å². The lowest BCUT2D eigenvalue weighted by atomic mass is 9.96. The van der Waals surface area contributed by atoms with Crippen molar-refractivity contribution in [2.24, 2.45) is 11.7 Å². The zero-order chi connectivity index (χ0) is 12.8. The molecule has 1 aliphatic rings. The van der Waals surface area contributed by atoms with Crippen molar-refractivity contribution in [3.63, 3.8) is 0 Å². The first-order chi connectivity index (χ1) is 8.00. The number of amides is 1. The van der Waals surface area contributed by atoms with Gasteiger partial charge in [-0.15, -0.1) is 0 Å². The standard InChI is InChI=1S/C13H25NO3/c1-9(2)8-11(12(15)13(14)16)17-10-6-4-3-5-7-10/h9-12,15H,3-8H2,1-2H3,(H2,14,16). The lowest BCUT2D eigenvalue weighted by molar-refractivity contribution is -0.142. The van der Waals surface area contributed by atoms with Crippen LogP contribution in [0.2, 0.25) is 0 Å². The number of carbonyl (C=O) groups excluding carboxylic acids is 1. The number of nitrogens with two attached hydrogens (primary N) is 1. The van der Waals surface area contributed by atoms with Crippen molar-refractivity contribution in [3.05, 3.63) is 0 Å². The van der Waals surface area contributed by atoms with E-state index >= 15 is 0 Å². The molecule has 2 unspecified atom stereocenters. The zero-order valence-electron chi connectivity index (χ0n) is 10.9. The quantitative estimate of drug-likeness (QED) is 0.744. The molecule has 1 aliphatic carbocycles. The number of hydrogen-bond acceptors (Lipinski definition) is 3. The van der Waals surface area contributed by atoms with Gasteiger partial charge in [0.1, 0.15) is 0 Å². The SMILES string of the molecule is CC(C)CC(OC1CCCCC1)C(O)C(N)=O. The van der Waals surface area contributed by atoms with Crippen molar-refractivity contribution < 1.29 is 14.6 Å². The summed E-state index contributed by atoms with van der Waals surface area (Å²) in [6.45, 7) is 4.09. The molecule has 1 amide bonds. The molecule has 1 rings (SSSR count). The van der Waals surface area contributed by atoms with Gasteiger partial charge in [-0.05, 0) is 25.2 Å². The number of aliphatic hydroxyl groups is 1. The predicted molar refractivity (Wildman–Crippen MR) is 66.4 cm³/mol. The molecule has 0 saturated heterocycles. The summed E-state index contributed by atoms with van der Waals surface area (Å²) in [4.78, 5) is 11.1. The van der Waals surface area contributed by atoms with Crippen LogP contribution in [0.5, 0.6) is 0 Å². The maximum absolute atomic E-state index is 11.1. The Labute approximate surface area is 104 Å². The summed E-state index contributed by atoms with van der Waals surface area (Å²) >= 11 is 0. The first-order valence-electron chi connectivity index (χ1n) is 6.63. The van der Waals surface area contributed by atoms with Crippen molar-refractivity contribution in [1.29, 1.82) is 0 Å². The minimum Gasteiger partial charge on any atom is -0.381 e. The van der Waals surface area contributed by atoms with E-state index in [2.05, 4.69) is 0 Å². The molecular formula is C13H25NO3.